The second-order valence-electron chi connectivity index (χ2n) is 13.2. The first-order chi connectivity index (χ1) is 25.7. The van der Waals surface area contributed by atoms with Crippen molar-refractivity contribution < 1.29 is 28.4 Å². The summed E-state index contributed by atoms with van der Waals surface area (Å²) < 4.78 is 41.5. The van der Waals surface area contributed by atoms with Gasteiger partial charge in [-0.05, 0) is 39.1 Å². The Labute approximate surface area is 309 Å². The molecule has 1 spiro atoms. The number of benzene rings is 6. The summed E-state index contributed by atoms with van der Waals surface area (Å²) in [5.41, 5.74) is 4.24. The molecule has 0 radical (unpaired) electrons. The Morgan fingerprint density at radius 1 is 0.538 bits per heavy atom. The highest BCUT2D eigenvalue weighted by atomic mass is 32.2. The maximum atomic E-state index is 7.21. The van der Waals surface area contributed by atoms with E-state index in [1.807, 2.05) is 78.9 Å². The first kappa shape index (κ1) is 34.6. The largest absolute Gasteiger partial charge is 0.457 e. The lowest BCUT2D eigenvalue weighted by molar-refractivity contribution is -0.353. The molecular weight excluding hydrogens is 669 g/mol. The SMILES string of the molecule is c1ccc(COC[C@H]2O[C@@]3(CSc4c(ccc5ccccc45)O3)[C@H](OCc3ccccc3)[C@@H](OCc3ccccc3)[C@@H]2OCc2ccccc2)cc1. The van der Waals surface area contributed by atoms with Crippen LogP contribution in [0.25, 0.3) is 10.8 Å². The van der Waals surface area contributed by atoms with Crippen molar-refractivity contribution in [3.8, 4) is 5.75 Å². The van der Waals surface area contributed by atoms with E-state index in [1.165, 1.54) is 5.39 Å². The molecule has 5 atom stereocenters. The first-order valence-electron chi connectivity index (χ1n) is 17.8. The minimum Gasteiger partial charge on any atom is -0.457 e. The summed E-state index contributed by atoms with van der Waals surface area (Å²) in [6.45, 7) is 1.79. The Morgan fingerprint density at radius 2 is 1.06 bits per heavy atom. The van der Waals surface area contributed by atoms with Gasteiger partial charge in [-0.1, -0.05) is 152 Å². The summed E-state index contributed by atoms with van der Waals surface area (Å²) in [6, 6.07) is 53.3. The molecule has 2 aliphatic heterocycles. The van der Waals surface area contributed by atoms with E-state index in [-0.39, 0.29) is 6.61 Å². The third kappa shape index (κ3) is 7.96. The van der Waals surface area contributed by atoms with E-state index < -0.39 is 30.2 Å². The molecule has 0 N–H and O–H groups in total. The summed E-state index contributed by atoms with van der Waals surface area (Å²) in [5, 5.41) is 2.32. The van der Waals surface area contributed by atoms with E-state index in [0.717, 1.165) is 38.3 Å². The molecular formula is C45H42O6S. The van der Waals surface area contributed by atoms with Crippen molar-refractivity contribution in [2.75, 3.05) is 12.4 Å². The quantitative estimate of drug-likeness (QED) is 0.118. The van der Waals surface area contributed by atoms with Crippen LogP contribution in [0, 0.1) is 0 Å². The van der Waals surface area contributed by atoms with Gasteiger partial charge in [0.1, 0.15) is 24.1 Å². The van der Waals surface area contributed by atoms with Crippen molar-refractivity contribution >= 4 is 22.5 Å². The molecule has 0 bridgehead atoms. The van der Waals surface area contributed by atoms with Gasteiger partial charge in [0.05, 0.1) is 43.7 Å². The zero-order valence-electron chi connectivity index (χ0n) is 28.9. The Hall–Kier alpha value is -4.47. The number of hydrogen-bond acceptors (Lipinski definition) is 7. The lowest BCUT2D eigenvalue weighted by atomic mass is 9.91. The van der Waals surface area contributed by atoms with Crippen LogP contribution in [0.15, 0.2) is 163 Å². The highest BCUT2D eigenvalue weighted by Gasteiger charge is 2.60. The molecule has 1 fully saturated rings. The fourth-order valence-corrected chi connectivity index (χ4v) is 8.19. The van der Waals surface area contributed by atoms with Crippen LogP contribution >= 0.6 is 11.8 Å². The molecule has 0 amide bonds. The van der Waals surface area contributed by atoms with Gasteiger partial charge in [-0.3, -0.25) is 0 Å². The average molecular weight is 711 g/mol. The van der Waals surface area contributed by atoms with Crippen LogP contribution in [0.1, 0.15) is 22.3 Å². The van der Waals surface area contributed by atoms with Crippen LogP contribution in [-0.4, -0.2) is 42.6 Å². The lowest BCUT2D eigenvalue weighted by Crippen LogP contribution is -2.70. The van der Waals surface area contributed by atoms with Crippen molar-refractivity contribution in [1.29, 1.82) is 0 Å². The molecule has 7 heteroatoms. The molecule has 8 rings (SSSR count). The van der Waals surface area contributed by atoms with E-state index in [9.17, 15) is 0 Å². The van der Waals surface area contributed by atoms with Gasteiger partial charge in [-0.15, -0.1) is 11.8 Å². The Balaban J connectivity index is 1.18. The van der Waals surface area contributed by atoms with Crippen LogP contribution < -0.4 is 4.74 Å². The maximum absolute atomic E-state index is 7.21. The van der Waals surface area contributed by atoms with Gasteiger partial charge in [0.2, 0.25) is 5.79 Å². The minimum absolute atomic E-state index is 0.269. The Kier molecular flexibility index (Phi) is 11.0. The monoisotopic (exact) mass is 710 g/mol. The van der Waals surface area contributed by atoms with Gasteiger partial charge in [0, 0.05) is 0 Å². The molecule has 6 aromatic rings. The molecule has 0 saturated carbocycles. The Bertz CT molecular complexity index is 2010. The third-order valence-electron chi connectivity index (χ3n) is 9.55. The van der Waals surface area contributed by atoms with Crippen LogP contribution in [0.2, 0.25) is 0 Å². The molecule has 6 aromatic carbocycles. The van der Waals surface area contributed by atoms with Gasteiger partial charge in [-0.2, -0.15) is 0 Å². The molecule has 2 aliphatic rings. The molecule has 1 saturated heterocycles. The number of rotatable bonds is 13. The standard InChI is InChI=1S/C45H42O6S/c1-5-15-33(16-6-1)27-46-31-40-41(47-28-34-17-7-2-8-18-34)42(48-29-35-19-9-3-10-20-35)44(49-30-36-21-11-4-12-22-36)45(51-40)32-52-43-38-24-14-13-23-37(38)25-26-39(43)50-45/h1-26,40-42,44H,27-32H2/t40-,41-,42+,44-,45+/m1/s1. The van der Waals surface area contributed by atoms with Gasteiger partial charge in [0.25, 0.3) is 0 Å². The highest BCUT2D eigenvalue weighted by Crippen LogP contribution is 2.49. The van der Waals surface area contributed by atoms with Crippen LogP contribution in [-0.2, 0) is 50.1 Å². The molecule has 0 aromatic heterocycles. The Morgan fingerprint density at radius 3 is 1.67 bits per heavy atom. The molecule has 0 unspecified atom stereocenters. The van der Waals surface area contributed by atoms with E-state index in [1.54, 1.807) is 11.8 Å². The summed E-state index contributed by atoms with van der Waals surface area (Å²) >= 11 is 1.73. The predicted molar refractivity (Wildman–Crippen MR) is 204 cm³/mol. The van der Waals surface area contributed by atoms with Crippen molar-refractivity contribution in [3.05, 3.63) is 180 Å². The molecule has 2 heterocycles. The number of hydrogen-bond donors (Lipinski definition) is 0. The van der Waals surface area contributed by atoms with E-state index in [0.29, 0.717) is 32.2 Å². The fraction of sp³-hybridized carbons (Fsp3) is 0.244. The third-order valence-corrected chi connectivity index (χ3v) is 10.8. The van der Waals surface area contributed by atoms with Crippen molar-refractivity contribution in [1.82, 2.24) is 0 Å². The fourth-order valence-electron chi connectivity index (χ4n) is 6.96. The second kappa shape index (κ2) is 16.5. The normalized spacial score (nSPS) is 22.5. The number of fused-ring (bicyclic) bond motifs is 3. The highest BCUT2D eigenvalue weighted by molar-refractivity contribution is 7.99. The van der Waals surface area contributed by atoms with Crippen LogP contribution in [0.4, 0.5) is 0 Å². The van der Waals surface area contributed by atoms with Gasteiger partial charge in [-0.25, -0.2) is 0 Å². The topological polar surface area (TPSA) is 55.4 Å². The zero-order chi connectivity index (χ0) is 35.0. The molecule has 52 heavy (non-hydrogen) atoms. The molecule has 0 aliphatic carbocycles. The van der Waals surface area contributed by atoms with Crippen molar-refractivity contribution in [3.63, 3.8) is 0 Å². The summed E-state index contributed by atoms with van der Waals surface area (Å²) in [6.07, 6.45) is -2.31. The molecule has 6 nitrogen and oxygen atoms in total. The smallest absolute Gasteiger partial charge is 0.249 e. The van der Waals surface area contributed by atoms with Crippen molar-refractivity contribution in [2.45, 2.75) is 61.5 Å². The number of thioether (sulfide) groups is 1. The van der Waals surface area contributed by atoms with Crippen molar-refractivity contribution in [2.24, 2.45) is 0 Å². The number of ether oxygens (including phenoxy) is 6. The average Bonchev–Trinajstić information content (AvgIpc) is 3.20. The van der Waals surface area contributed by atoms with E-state index in [2.05, 4.69) is 78.9 Å². The predicted octanol–water partition coefficient (Wildman–Crippen LogP) is 9.39. The van der Waals surface area contributed by atoms with Gasteiger partial charge in [0.15, 0.2) is 6.10 Å². The lowest BCUT2D eigenvalue weighted by Gasteiger charge is -2.53. The van der Waals surface area contributed by atoms with Gasteiger partial charge < -0.3 is 28.4 Å². The minimum atomic E-state index is -1.20. The van der Waals surface area contributed by atoms with E-state index >= 15 is 0 Å². The summed E-state index contributed by atoms with van der Waals surface area (Å²) in [4.78, 5) is 1.09. The first-order valence-corrected chi connectivity index (χ1v) is 18.8. The van der Waals surface area contributed by atoms with Gasteiger partial charge >= 0.3 is 0 Å². The summed E-state index contributed by atoms with van der Waals surface area (Å²) in [7, 11) is 0. The van der Waals surface area contributed by atoms with E-state index in [4.69, 9.17) is 28.4 Å². The maximum Gasteiger partial charge on any atom is 0.249 e. The zero-order valence-corrected chi connectivity index (χ0v) is 29.7. The second-order valence-corrected chi connectivity index (χ2v) is 14.2. The molecule has 264 valence electrons. The van der Waals surface area contributed by atoms with Crippen LogP contribution in [0.3, 0.4) is 0 Å². The summed E-state index contributed by atoms with van der Waals surface area (Å²) in [5.74, 6) is 0.0424. The van der Waals surface area contributed by atoms with Crippen LogP contribution in [0.5, 0.6) is 5.75 Å².